The Bertz CT molecular complexity index is 744. The van der Waals surface area contributed by atoms with Crippen LogP contribution in [-0.2, 0) is 0 Å². The van der Waals surface area contributed by atoms with E-state index in [-0.39, 0.29) is 18.0 Å². The molecule has 3 aromatic rings. The smallest absolute Gasteiger partial charge is 0.180 e. The van der Waals surface area contributed by atoms with Crippen LogP contribution in [0.3, 0.4) is 0 Å². The number of aromatic nitrogens is 2. The second kappa shape index (κ2) is 4.78. The summed E-state index contributed by atoms with van der Waals surface area (Å²) in [6.07, 6.45) is 3.17. The molecule has 0 amide bonds. The highest BCUT2D eigenvalue weighted by molar-refractivity contribution is 7.12. The molecule has 0 bridgehead atoms. The van der Waals surface area contributed by atoms with E-state index in [1.165, 1.54) is 17.5 Å². The van der Waals surface area contributed by atoms with Crippen LogP contribution in [0.1, 0.15) is 26.5 Å². The van der Waals surface area contributed by atoms with Crippen molar-refractivity contribution in [2.45, 2.75) is 6.42 Å². The quantitative estimate of drug-likeness (QED) is 0.541. The van der Waals surface area contributed by atoms with Gasteiger partial charge in [-0.05, 0) is 23.6 Å². The molecule has 4 nitrogen and oxygen atoms in total. The average Bonchev–Trinajstić information content (AvgIpc) is 3.08. The number of rotatable bonds is 4. The van der Waals surface area contributed by atoms with Crippen LogP contribution in [0.5, 0.6) is 0 Å². The number of carbonyl (C=O) groups is 2. The number of fused-ring (bicyclic) bond motifs is 1. The van der Waals surface area contributed by atoms with E-state index in [1.54, 1.807) is 22.8 Å². The van der Waals surface area contributed by atoms with Crippen LogP contribution in [0.15, 0.2) is 48.1 Å². The van der Waals surface area contributed by atoms with Gasteiger partial charge in [-0.15, -0.1) is 11.3 Å². The summed E-state index contributed by atoms with van der Waals surface area (Å²) in [6.45, 7) is 0. The minimum absolute atomic E-state index is 0.114. The Morgan fingerprint density at radius 3 is 2.84 bits per heavy atom. The first-order valence-corrected chi connectivity index (χ1v) is 6.66. The van der Waals surface area contributed by atoms with E-state index in [1.807, 2.05) is 23.6 Å². The highest BCUT2D eigenvalue weighted by Gasteiger charge is 2.17. The van der Waals surface area contributed by atoms with E-state index in [0.717, 1.165) is 5.52 Å². The van der Waals surface area contributed by atoms with Crippen LogP contribution in [0.25, 0.3) is 5.52 Å². The molecule has 0 atom stereocenters. The number of carbonyl (C=O) groups excluding carboxylic acids is 2. The Morgan fingerprint density at radius 1 is 1.16 bits per heavy atom. The van der Waals surface area contributed by atoms with Crippen molar-refractivity contribution in [2.75, 3.05) is 0 Å². The molecule has 0 aliphatic rings. The van der Waals surface area contributed by atoms with Crippen molar-refractivity contribution in [1.29, 1.82) is 0 Å². The highest BCUT2D eigenvalue weighted by Crippen LogP contribution is 2.16. The predicted molar refractivity (Wildman–Crippen MR) is 72.8 cm³/mol. The number of hydrogen-bond acceptors (Lipinski definition) is 4. The Balaban J connectivity index is 1.86. The molecular weight excluding hydrogens is 260 g/mol. The third-order valence-electron chi connectivity index (χ3n) is 2.84. The van der Waals surface area contributed by atoms with Gasteiger partial charge >= 0.3 is 0 Å². The first-order valence-electron chi connectivity index (χ1n) is 5.78. The third-order valence-corrected chi connectivity index (χ3v) is 3.75. The Kier molecular flexibility index (Phi) is 2.97. The zero-order valence-electron chi connectivity index (χ0n) is 9.95. The van der Waals surface area contributed by atoms with Gasteiger partial charge in [0.05, 0.1) is 28.6 Å². The lowest BCUT2D eigenvalue weighted by molar-refractivity contribution is 0.0897. The van der Waals surface area contributed by atoms with Gasteiger partial charge in [-0.3, -0.25) is 9.59 Å². The molecule has 0 saturated heterocycles. The maximum absolute atomic E-state index is 12.2. The van der Waals surface area contributed by atoms with Crippen LogP contribution in [0, 0.1) is 0 Å². The molecule has 0 unspecified atom stereocenters. The second-order valence-corrected chi connectivity index (χ2v) is 5.04. The van der Waals surface area contributed by atoms with Crippen molar-refractivity contribution in [3.8, 4) is 0 Å². The number of ketones is 2. The largest absolute Gasteiger partial charge is 0.294 e. The topological polar surface area (TPSA) is 51.4 Å². The van der Waals surface area contributed by atoms with Crippen molar-refractivity contribution in [1.82, 2.24) is 9.61 Å². The minimum Gasteiger partial charge on any atom is -0.294 e. The van der Waals surface area contributed by atoms with Crippen LogP contribution in [-0.4, -0.2) is 21.2 Å². The molecule has 19 heavy (non-hydrogen) atoms. The van der Waals surface area contributed by atoms with E-state index in [4.69, 9.17) is 0 Å². The van der Waals surface area contributed by atoms with Gasteiger partial charge in [0.15, 0.2) is 11.6 Å². The molecule has 0 spiro atoms. The fraction of sp³-hybridized carbons (Fsp3) is 0.0714. The van der Waals surface area contributed by atoms with Gasteiger partial charge in [-0.25, -0.2) is 4.52 Å². The summed E-state index contributed by atoms with van der Waals surface area (Å²) in [5, 5.41) is 5.92. The van der Waals surface area contributed by atoms with Gasteiger partial charge in [0.1, 0.15) is 0 Å². The summed E-state index contributed by atoms with van der Waals surface area (Å²) >= 11 is 1.35. The molecule has 0 saturated carbocycles. The van der Waals surface area contributed by atoms with Crippen molar-refractivity contribution < 1.29 is 9.59 Å². The molecule has 3 rings (SSSR count). The highest BCUT2D eigenvalue weighted by atomic mass is 32.1. The number of Topliss-reactive ketones (excluding diaryl/α,β-unsaturated/α-hetero) is 2. The van der Waals surface area contributed by atoms with E-state index in [2.05, 4.69) is 5.10 Å². The van der Waals surface area contributed by atoms with Crippen molar-refractivity contribution in [3.05, 3.63) is 58.5 Å². The third kappa shape index (κ3) is 2.20. The molecule has 94 valence electrons. The van der Waals surface area contributed by atoms with Crippen LogP contribution < -0.4 is 0 Å². The Labute approximate surface area is 113 Å². The maximum atomic E-state index is 12.2. The van der Waals surface area contributed by atoms with Gasteiger partial charge < -0.3 is 0 Å². The maximum Gasteiger partial charge on any atom is 0.180 e. The lowest BCUT2D eigenvalue weighted by Crippen LogP contribution is -2.07. The van der Waals surface area contributed by atoms with Crippen molar-refractivity contribution in [2.24, 2.45) is 0 Å². The van der Waals surface area contributed by atoms with Crippen LogP contribution in [0.2, 0.25) is 0 Å². The lowest BCUT2D eigenvalue weighted by Gasteiger charge is -1.98. The molecule has 0 aliphatic carbocycles. The molecule has 0 radical (unpaired) electrons. The van der Waals surface area contributed by atoms with E-state index < -0.39 is 0 Å². The fourth-order valence-electron chi connectivity index (χ4n) is 1.91. The summed E-state index contributed by atoms with van der Waals surface area (Å²) < 4.78 is 1.63. The van der Waals surface area contributed by atoms with E-state index in [9.17, 15) is 9.59 Å². The fourth-order valence-corrected chi connectivity index (χ4v) is 2.58. The van der Waals surface area contributed by atoms with Gasteiger partial charge in [0.25, 0.3) is 0 Å². The van der Waals surface area contributed by atoms with Gasteiger partial charge in [-0.2, -0.15) is 5.10 Å². The van der Waals surface area contributed by atoms with Crippen LogP contribution in [0.4, 0.5) is 0 Å². The number of hydrogen-bond donors (Lipinski definition) is 0. The van der Waals surface area contributed by atoms with Gasteiger partial charge in [-0.1, -0.05) is 12.1 Å². The van der Waals surface area contributed by atoms with Gasteiger partial charge in [0, 0.05) is 6.20 Å². The molecular formula is C14H10N2O2S. The summed E-state index contributed by atoms with van der Waals surface area (Å²) in [5.74, 6) is -0.338. The predicted octanol–water partition coefficient (Wildman–Crippen LogP) is 2.85. The summed E-state index contributed by atoms with van der Waals surface area (Å²) in [7, 11) is 0. The Morgan fingerprint density at radius 2 is 2.05 bits per heavy atom. The summed E-state index contributed by atoms with van der Waals surface area (Å²) in [4.78, 5) is 24.7. The molecule has 3 aromatic heterocycles. The normalized spacial score (nSPS) is 10.7. The Hall–Kier alpha value is -2.27. The number of nitrogens with zero attached hydrogens (tertiary/aromatic N) is 2. The zero-order valence-corrected chi connectivity index (χ0v) is 10.8. The molecule has 0 fully saturated rings. The monoisotopic (exact) mass is 270 g/mol. The van der Waals surface area contributed by atoms with Crippen molar-refractivity contribution >= 4 is 28.4 Å². The van der Waals surface area contributed by atoms with E-state index in [0.29, 0.717) is 10.4 Å². The average molecular weight is 270 g/mol. The lowest BCUT2D eigenvalue weighted by atomic mass is 10.1. The molecule has 0 aliphatic heterocycles. The minimum atomic E-state index is -0.195. The first kappa shape index (κ1) is 11.8. The first-order chi connectivity index (χ1) is 9.25. The molecule has 0 aromatic carbocycles. The second-order valence-electron chi connectivity index (χ2n) is 4.09. The van der Waals surface area contributed by atoms with E-state index >= 15 is 0 Å². The van der Waals surface area contributed by atoms with Crippen molar-refractivity contribution in [3.63, 3.8) is 0 Å². The summed E-state index contributed by atoms with van der Waals surface area (Å²) in [5.41, 5.74) is 1.22. The SMILES string of the molecule is O=C(CC(=O)c1cnn2ccccc12)c1cccs1. The number of pyridine rings is 1. The molecule has 5 heteroatoms. The standard InChI is InChI=1S/C14H10N2O2S/c17-12(8-13(18)14-5-3-7-19-14)10-9-15-16-6-2-1-4-11(10)16/h1-7,9H,8H2. The zero-order chi connectivity index (χ0) is 13.2. The van der Waals surface area contributed by atoms with Gasteiger partial charge in [0.2, 0.25) is 0 Å². The van der Waals surface area contributed by atoms with Crippen LogP contribution >= 0.6 is 11.3 Å². The molecule has 0 N–H and O–H groups in total. The number of thiophene rings is 1. The molecule has 3 heterocycles. The summed E-state index contributed by atoms with van der Waals surface area (Å²) in [6, 6.07) is 9.03.